The highest BCUT2D eigenvalue weighted by Gasteiger charge is 2.24. The van der Waals surface area contributed by atoms with E-state index in [0.717, 1.165) is 34.0 Å². The fourth-order valence-corrected chi connectivity index (χ4v) is 5.64. The van der Waals surface area contributed by atoms with Crippen LogP contribution in [0, 0.1) is 29.9 Å². The van der Waals surface area contributed by atoms with Crippen molar-refractivity contribution in [3.05, 3.63) is 89.1 Å². The molecule has 11 heteroatoms. The summed E-state index contributed by atoms with van der Waals surface area (Å²) in [5.74, 6) is -2.47. The second-order valence-electron chi connectivity index (χ2n) is 8.26. The minimum Gasteiger partial charge on any atom is -0.454 e. The maximum Gasteiger partial charge on any atom is 0.268 e. The molecule has 0 amide bonds. The summed E-state index contributed by atoms with van der Waals surface area (Å²) in [7, 11) is -7.56. The van der Waals surface area contributed by atoms with Crippen LogP contribution in [-0.2, 0) is 26.3 Å². The summed E-state index contributed by atoms with van der Waals surface area (Å²) in [4.78, 5) is -0.000587. The highest BCUT2D eigenvalue weighted by molar-refractivity contribution is 7.90. The van der Waals surface area contributed by atoms with Gasteiger partial charge in [0.05, 0.1) is 21.7 Å². The number of nitriles is 1. The second kappa shape index (κ2) is 9.37. The predicted octanol–water partition coefficient (Wildman–Crippen LogP) is 4.72. The molecule has 186 valence electrons. The van der Waals surface area contributed by atoms with Crippen LogP contribution in [-0.4, -0.2) is 32.8 Å². The van der Waals surface area contributed by atoms with Crippen LogP contribution in [0.3, 0.4) is 0 Å². The Morgan fingerprint density at radius 1 is 0.972 bits per heavy atom. The van der Waals surface area contributed by atoms with Crippen molar-refractivity contribution in [1.29, 1.82) is 5.26 Å². The number of nitrogens with zero attached hydrogens (tertiary/aromatic N) is 2. The van der Waals surface area contributed by atoms with E-state index in [4.69, 9.17) is 10.00 Å². The molecule has 0 saturated heterocycles. The Balaban J connectivity index is 1.90. The van der Waals surface area contributed by atoms with Gasteiger partial charge in [0.1, 0.15) is 27.5 Å². The molecule has 0 spiro atoms. The summed E-state index contributed by atoms with van der Waals surface area (Å²) in [6.07, 6.45) is 2.11. The van der Waals surface area contributed by atoms with Crippen molar-refractivity contribution in [2.24, 2.45) is 0 Å². The van der Waals surface area contributed by atoms with E-state index >= 15 is 4.39 Å². The van der Waals surface area contributed by atoms with Crippen LogP contribution in [0.15, 0.2) is 65.7 Å². The van der Waals surface area contributed by atoms with Gasteiger partial charge in [0, 0.05) is 35.5 Å². The number of benzene rings is 3. The summed E-state index contributed by atoms with van der Waals surface area (Å²) in [6, 6.07) is 13.5. The molecule has 0 N–H and O–H groups in total. The minimum absolute atomic E-state index is 0.000587. The molecule has 4 rings (SSSR count). The summed E-state index contributed by atoms with van der Waals surface area (Å²) in [6.45, 7) is 1.81. The van der Waals surface area contributed by atoms with E-state index in [1.807, 2.05) is 6.92 Å². The Morgan fingerprint density at radius 2 is 1.67 bits per heavy atom. The Morgan fingerprint density at radius 3 is 2.31 bits per heavy atom. The molecule has 0 unspecified atom stereocenters. The van der Waals surface area contributed by atoms with Gasteiger partial charge < -0.3 is 4.74 Å². The topological polar surface area (TPSA) is 106 Å². The van der Waals surface area contributed by atoms with Crippen LogP contribution in [0.1, 0.15) is 16.7 Å². The van der Waals surface area contributed by atoms with Gasteiger partial charge in [0.25, 0.3) is 10.0 Å². The van der Waals surface area contributed by atoms with Crippen LogP contribution in [0.5, 0.6) is 11.5 Å². The molecule has 0 aliphatic rings. The number of sulfone groups is 1. The molecule has 0 bridgehead atoms. The van der Waals surface area contributed by atoms with Crippen LogP contribution in [0.4, 0.5) is 8.78 Å². The molecule has 0 atom stereocenters. The van der Waals surface area contributed by atoms with Crippen molar-refractivity contribution in [3.8, 4) is 17.6 Å². The minimum atomic E-state index is -4.09. The van der Waals surface area contributed by atoms with Crippen molar-refractivity contribution in [1.82, 2.24) is 3.97 Å². The van der Waals surface area contributed by atoms with Gasteiger partial charge in [-0.05, 0) is 43.7 Å². The molecular weight excluding hydrogens is 510 g/mol. The average Bonchev–Trinajstić information content (AvgIpc) is 3.24. The van der Waals surface area contributed by atoms with E-state index in [1.54, 1.807) is 18.2 Å². The molecule has 0 aliphatic carbocycles. The van der Waals surface area contributed by atoms with Crippen molar-refractivity contribution in [3.63, 3.8) is 0 Å². The number of halogens is 2. The number of fused-ring (bicyclic) bond motifs is 1. The van der Waals surface area contributed by atoms with E-state index in [-0.39, 0.29) is 50.6 Å². The summed E-state index contributed by atoms with van der Waals surface area (Å²) >= 11 is 0. The molecular formula is C25H20F2N2O5S2. The lowest BCUT2D eigenvalue weighted by molar-refractivity contribution is 0.437. The lowest BCUT2D eigenvalue weighted by atomic mass is 10.1. The van der Waals surface area contributed by atoms with Gasteiger partial charge in [-0.3, -0.25) is 0 Å². The largest absolute Gasteiger partial charge is 0.454 e. The Bertz CT molecular complexity index is 1740. The van der Waals surface area contributed by atoms with Gasteiger partial charge in [0.2, 0.25) is 0 Å². The number of hydrogen-bond acceptors (Lipinski definition) is 6. The van der Waals surface area contributed by atoms with Crippen LogP contribution < -0.4 is 4.74 Å². The number of rotatable bonds is 7. The first-order valence-electron chi connectivity index (χ1n) is 10.6. The maximum absolute atomic E-state index is 15.4. The molecule has 0 saturated carbocycles. The van der Waals surface area contributed by atoms with Crippen LogP contribution >= 0.6 is 0 Å². The number of ether oxygens (including phenoxy) is 1. The maximum atomic E-state index is 15.4. The Kier molecular flexibility index (Phi) is 6.60. The van der Waals surface area contributed by atoms with Gasteiger partial charge in [-0.1, -0.05) is 17.7 Å². The summed E-state index contributed by atoms with van der Waals surface area (Å²) in [5.41, 5.74) is 0.668. The number of aryl methyl sites for hydroxylation is 2. The van der Waals surface area contributed by atoms with Gasteiger partial charge in [-0.25, -0.2) is 29.6 Å². The average molecular weight is 531 g/mol. The zero-order chi connectivity index (χ0) is 26.3. The third-order valence-corrected chi connectivity index (χ3v) is 8.20. The first kappa shape index (κ1) is 25.3. The van der Waals surface area contributed by atoms with Gasteiger partial charge in [-0.15, -0.1) is 0 Å². The lowest BCUT2D eigenvalue weighted by Gasteiger charge is -2.15. The molecule has 1 heterocycles. The molecule has 0 fully saturated rings. The summed E-state index contributed by atoms with van der Waals surface area (Å²) in [5, 5.41) is 9.35. The SMILES string of the molecule is Cc1ccc(S(=O)(=O)n2ccc3c(CCS(C)(=O)=O)c(Oc4ccc(F)c(C#N)c4)c(F)cc32)cc1. The Labute approximate surface area is 207 Å². The fraction of sp³-hybridized carbons (Fsp3) is 0.160. The predicted molar refractivity (Wildman–Crippen MR) is 130 cm³/mol. The number of aromatic nitrogens is 1. The van der Waals surface area contributed by atoms with Crippen molar-refractivity contribution in [2.45, 2.75) is 18.2 Å². The zero-order valence-electron chi connectivity index (χ0n) is 19.2. The van der Waals surface area contributed by atoms with E-state index in [0.29, 0.717) is 0 Å². The molecule has 7 nitrogen and oxygen atoms in total. The standard InChI is InChI=1S/C25H20F2N2O5S2/c1-16-3-6-19(7-4-16)36(32,33)29-11-9-20-21(10-12-35(2,30)31)25(23(27)14-24(20)29)34-18-5-8-22(26)17(13-18)15-28/h3-9,11,13-14H,10,12H2,1-2H3. The molecule has 36 heavy (non-hydrogen) atoms. The van der Waals surface area contributed by atoms with Crippen LogP contribution in [0.2, 0.25) is 0 Å². The van der Waals surface area contributed by atoms with Gasteiger partial charge >= 0.3 is 0 Å². The molecule has 1 aromatic heterocycles. The monoisotopic (exact) mass is 530 g/mol. The first-order valence-corrected chi connectivity index (χ1v) is 14.1. The smallest absolute Gasteiger partial charge is 0.268 e. The van der Waals surface area contributed by atoms with Crippen LogP contribution in [0.25, 0.3) is 10.9 Å². The Hall–Kier alpha value is -3.75. The lowest BCUT2D eigenvalue weighted by Crippen LogP contribution is -2.12. The highest BCUT2D eigenvalue weighted by Crippen LogP contribution is 2.37. The normalized spacial score (nSPS) is 12.0. The van der Waals surface area contributed by atoms with E-state index in [2.05, 4.69) is 0 Å². The third-order valence-electron chi connectivity index (χ3n) is 5.55. The highest BCUT2D eigenvalue weighted by atomic mass is 32.2. The van der Waals surface area contributed by atoms with E-state index < -0.39 is 31.5 Å². The zero-order valence-corrected chi connectivity index (χ0v) is 20.8. The summed E-state index contributed by atoms with van der Waals surface area (Å²) < 4.78 is 86.1. The number of hydrogen-bond donors (Lipinski definition) is 0. The third kappa shape index (κ3) is 4.96. The molecule has 4 aromatic rings. The molecule has 3 aromatic carbocycles. The van der Waals surface area contributed by atoms with E-state index in [1.165, 1.54) is 30.5 Å². The second-order valence-corrected chi connectivity index (χ2v) is 12.3. The van der Waals surface area contributed by atoms with Crippen molar-refractivity contribution in [2.75, 3.05) is 12.0 Å². The van der Waals surface area contributed by atoms with Crippen molar-refractivity contribution >= 4 is 30.8 Å². The molecule has 0 radical (unpaired) electrons. The molecule has 0 aliphatic heterocycles. The first-order chi connectivity index (χ1) is 16.9. The van der Waals surface area contributed by atoms with Gasteiger partial charge in [-0.2, -0.15) is 5.26 Å². The quantitative estimate of drug-likeness (QED) is 0.342. The van der Waals surface area contributed by atoms with Crippen molar-refractivity contribution < 1.29 is 30.4 Å². The van der Waals surface area contributed by atoms with E-state index in [9.17, 15) is 21.2 Å². The van der Waals surface area contributed by atoms with Gasteiger partial charge in [0.15, 0.2) is 11.6 Å². The fourth-order valence-electron chi connectivity index (χ4n) is 3.73.